The fourth-order valence-electron chi connectivity index (χ4n) is 2.66. The SMILES string of the molecule is C=CCn1c(CCCCC)c(C=O)c2ccccc21. The minimum atomic E-state index is 0.760. The molecule has 100 valence electrons. The minimum Gasteiger partial charge on any atom is -0.340 e. The topological polar surface area (TPSA) is 22.0 Å². The Balaban J connectivity index is 2.53. The second-order valence-corrected chi connectivity index (χ2v) is 4.85. The van der Waals surface area contributed by atoms with Gasteiger partial charge in [-0.2, -0.15) is 0 Å². The zero-order chi connectivity index (χ0) is 13.7. The van der Waals surface area contributed by atoms with Crippen molar-refractivity contribution in [3.63, 3.8) is 0 Å². The van der Waals surface area contributed by atoms with E-state index in [0.29, 0.717) is 0 Å². The van der Waals surface area contributed by atoms with Gasteiger partial charge >= 0.3 is 0 Å². The van der Waals surface area contributed by atoms with Gasteiger partial charge in [-0.25, -0.2) is 0 Å². The molecular formula is C17H21NO. The van der Waals surface area contributed by atoms with Crippen LogP contribution in [0.5, 0.6) is 0 Å². The maximum atomic E-state index is 11.5. The van der Waals surface area contributed by atoms with Gasteiger partial charge in [0.05, 0.1) is 0 Å². The van der Waals surface area contributed by atoms with Crippen LogP contribution in [0.1, 0.15) is 42.2 Å². The van der Waals surface area contributed by atoms with Gasteiger partial charge in [0.2, 0.25) is 0 Å². The van der Waals surface area contributed by atoms with Crippen LogP contribution in [0, 0.1) is 0 Å². The molecule has 0 aliphatic rings. The molecule has 2 rings (SSSR count). The Kier molecular flexibility index (Phi) is 4.56. The number of nitrogens with zero attached hydrogens (tertiary/aromatic N) is 1. The number of carbonyl (C=O) groups is 1. The normalized spacial score (nSPS) is 10.8. The number of hydrogen-bond acceptors (Lipinski definition) is 1. The summed E-state index contributed by atoms with van der Waals surface area (Å²) in [6.07, 6.45) is 7.38. The number of hydrogen-bond donors (Lipinski definition) is 0. The van der Waals surface area contributed by atoms with Crippen LogP contribution in [0.4, 0.5) is 0 Å². The molecule has 0 atom stereocenters. The highest BCUT2D eigenvalue weighted by Crippen LogP contribution is 2.26. The highest BCUT2D eigenvalue weighted by Gasteiger charge is 2.14. The molecule has 1 aromatic carbocycles. The average molecular weight is 255 g/mol. The Hall–Kier alpha value is -1.83. The molecule has 0 aliphatic heterocycles. The zero-order valence-electron chi connectivity index (χ0n) is 11.6. The van der Waals surface area contributed by atoms with Crippen molar-refractivity contribution < 1.29 is 4.79 Å². The summed E-state index contributed by atoms with van der Waals surface area (Å²) in [6, 6.07) is 8.12. The van der Waals surface area contributed by atoms with Crippen molar-refractivity contribution in [2.75, 3.05) is 0 Å². The van der Waals surface area contributed by atoms with Gasteiger partial charge in [0, 0.05) is 28.7 Å². The lowest BCUT2D eigenvalue weighted by molar-refractivity contribution is 0.112. The summed E-state index contributed by atoms with van der Waals surface area (Å²) in [4.78, 5) is 11.5. The van der Waals surface area contributed by atoms with Crippen LogP contribution in [-0.4, -0.2) is 10.9 Å². The van der Waals surface area contributed by atoms with E-state index in [2.05, 4.69) is 24.1 Å². The van der Waals surface area contributed by atoms with Gasteiger partial charge in [0.1, 0.15) is 0 Å². The van der Waals surface area contributed by atoms with E-state index in [9.17, 15) is 4.79 Å². The monoisotopic (exact) mass is 255 g/mol. The first kappa shape index (κ1) is 13.6. The second kappa shape index (κ2) is 6.37. The van der Waals surface area contributed by atoms with E-state index < -0.39 is 0 Å². The van der Waals surface area contributed by atoms with Gasteiger partial charge < -0.3 is 4.57 Å². The van der Waals surface area contributed by atoms with Gasteiger partial charge in [0.25, 0.3) is 0 Å². The van der Waals surface area contributed by atoms with E-state index in [-0.39, 0.29) is 0 Å². The quantitative estimate of drug-likeness (QED) is 0.409. The van der Waals surface area contributed by atoms with Crippen LogP contribution in [-0.2, 0) is 13.0 Å². The Morgan fingerprint density at radius 3 is 2.74 bits per heavy atom. The van der Waals surface area contributed by atoms with Crippen LogP contribution in [0.25, 0.3) is 10.9 Å². The van der Waals surface area contributed by atoms with Crippen molar-refractivity contribution in [1.29, 1.82) is 0 Å². The number of carbonyl (C=O) groups excluding carboxylic acids is 1. The summed E-state index contributed by atoms with van der Waals surface area (Å²) in [6.45, 7) is 6.78. The van der Waals surface area contributed by atoms with Crippen molar-refractivity contribution in [1.82, 2.24) is 4.57 Å². The fourth-order valence-corrected chi connectivity index (χ4v) is 2.66. The summed E-state index contributed by atoms with van der Waals surface area (Å²) in [7, 11) is 0. The van der Waals surface area contributed by atoms with Crippen molar-refractivity contribution >= 4 is 17.2 Å². The Morgan fingerprint density at radius 2 is 2.05 bits per heavy atom. The zero-order valence-corrected chi connectivity index (χ0v) is 11.6. The second-order valence-electron chi connectivity index (χ2n) is 4.85. The summed E-state index contributed by atoms with van der Waals surface area (Å²) >= 11 is 0. The number of aldehydes is 1. The van der Waals surface area contributed by atoms with E-state index in [1.165, 1.54) is 12.8 Å². The summed E-state index contributed by atoms with van der Waals surface area (Å²) in [5.74, 6) is 0. The van der Waals surface area contributed by atoms with E-state index in [0.717, 1.165) is 47.8 Å². The van der Waals surface area contributed by atoms with Gasteiger partial charge in [-0.3, -0.25) is 4.79 Å². The molecule has 2 nitrogen and oxygen atoms in total. The summed E-state index contributed by atoms with van der Waals surface area (Å²) in [5, 5.41) is 1.06. The third-order valence-electron chi connectivity index (χ3n) is 3.57. The maximum Gasteiger partial charge on any atom is 0.152 e. The highest BCUT2D eigenvalue weighted by molar-refractivity contribution is 5.99. The molecule has 1 heterocycles. The lowest BCUT2D eigenvalue weighted by Crippen LogP contribution is -2.03. The number of unbranched alkanes of at least 4 members (excludes halogenated alkanes) is 2. The van der Waals surface area contributed by atoms with Crippen LogP contribution >= 0.6 is 0 Å². The molecule has 0 saturated carbocycles. The first-order valence-electron chi connectivity index (χ1n) is 6.99. The first-order chi connectivity index (χ1) is 9.33. The number of benzene rings is 1. The molecule has 2 aromatic rings. The van der Waals surface area contributed by atoms with Gasteiger partial charge in [-0.15, -0.1) is 6.58 Å². The molecule has 0 fully saturated rings. The van der Waals surface area contributed by atoms with Crippen molar-refractivity contribution in [3.05, 3.63) is 48.2 Å². The molecule has 0 N–H and O–H groups in total. The smallest absolute Gasteiger partial charge is 0.152 e. The van der Waals surface area contributed by atoms with Crippen molar-refractivity contribution in [2.45, 2.75) is 39.2 Å². The van der Waals surface area contributed by atoms with Gasteiger partial charge in [-0.1, -0.05) is 44.0 Å². The molecule has 0 spiro atoms. The summed E-state index contributed by atoms with van der Waals surface area (Å²) in [5.41, 5.74) is 3.15. The predicted molar refractivity (Wildman–Crippen MR) is 80.8 cm³/mol. The van der Waals surface area contributed by atoms with Gasteiger partial charge in [0.15, 0.2) is 6.29 Å². The van der Waals surface area contributed by atoms with Crippen molar-refractivity contribution in [2.24, 2.45) is 0 Å². The molecule has 0 amide bonds. The lowest BCUT2D eigenvalue weighted by atomic mass is 10.1. The summed E-state index contributed by atoms with van der Waals surface area (Å²) < 4.78 is 2.22. The molecule has 0 unspecified atom stereocenters. The number of allylic oxidation sites excluding steroid dienone is 1. The molecule has 2 heteroatoms. The molecule has 1 aromatic heterocycles. The number of rotatable bonds is 7. The lowest BCUT2D eigenvalue weighted by Gasteiger charge is -2.08. The predicted octanol–water partition coefficient (Wildman–Crippen LogP) is 4.37. The highest BCUT2D eigenvalue weighted by atomic mass is 16.1. The van der Waals surface area contributed by atoms with Crippen LogP contribution in [0.3, 0.4) is 0 Å². The first-order valence-corrected chi connectivity index (χ1v) is 6.99. The molecule has 19 heavy (non-hydrogen) atoms. The standard InChI is InChI=1S/C17H21NO/c1-3-5-6-10-17-15(13-19)14-9-7-8-11-16(14)18(17)12-4-2/h4,7-9,11,13H,2-3,5-6,10,12H2,1H3. The van der Waals surface area contributed by atoms with E-state index in [1.54, 1.807) is 0 Å². The molecule has 0 radical (unpaired) electrons. The number of para-hydroxylation sites is 1. The van der Waals surface area contributed by atoms with Crippen molar-refractivity contribution in [3.8, 4) is 0 Å². The van der Waals surface area contributed by atoms with E-state index >= 15 is 0 Å². The van der Waals surface area contributed by atoms with E-state index in [1.807, 2.05) is 24.3 Å². The molecular weight excluding hydrogens is 234 g/mol. The molecule has 0 saturated heterocycles. The Bertz CT molecular complexity index is 580. The minimum absolute atomic E-state index is 0.760. The van der Waals surface area contributed by atoms with Crippen LogP contribution in [0.2, 0.25) is 0 Å². The fraction of sp³-hybridized carbons (Fsp3) is 0.353. The Labute approximate surface area is 114 Å². The average Bonchev–Trinajstić information content (AvgIpc) is 2.73. The van der Waals surface area contributed by atoms with Crippen LogP contribution in [0.15, 0.2) is 36.9 Å². The Morgan fingerprint density at radius 1 is 1.26 bits per heavy atom. The number of fused-ring (bicyclic) bond motifs is 1. The third kappa shape index (κ3) is 2.62. The number of aromatic nitrogens is 1. The van der Waals surface area contributed by atoms with E-state index in [4.69, 9.17) is 0 Å². The van der Waals surface area contributed by atoms with Gasteiger partial charge in [-0.05, 0) is 18.9 Å². The molecule has 0 bridgehead atoms. The van der Waals surface area contributed by atoms with Crippen LogP contribution < -0.4 is 0 Å². The maximum absolute atomic E-state index is 11.5. The third-order valence-corrected chi connectivity index (χ3v) is 3.57. The molecule has 0 aliphatic carbocycles. The largest absolute Gasteiger partial charge is 0.340 e.